The number of carbonyl (C=O) groups is 1. The zero-order valence-corrected chi connectivity index (χ0v) is 19.2. The summed E-state index contributed by atoms with van der Waals surface area (Å²) in [5.41, 5.74) is 6.04. The van der Waals surface area contributed by atoms with Gasteiger partial charge in [0.05, 0.1) is 18.0 Å². The number of hydrogen-bond acceptors (Lipinski definition) is 3. The Morgan fingerprint density at radius 3 is 2.07 bits per heavy atom. The highest BCUT2D eigenvalue weighted by Crippen LogP contribution is 2.25. The van der Waals surface area contributed by atoms with E-state index in [4.69, 9.17) is 0 Å². The minimum atomic E-state index is -3.64. The molecule has 0 aromatic heterocycles. The van der Waals surface area contributed by atoms with E-state index in [1.165, 1.54) is 9.87 Å². The van der Waals surface area contributed by atoms with Gasteiger partial charge in [0.15, 0.2) is 0 Å². The quantitative estimate of drug-likeness (QED) is 0.730. The fraction of sp³-hybridized carbons (Fsp3) is 0.435. The molecule has 0 heterocycles. The van der Waals surface area contributed by atoms with E-state index in [1.54, 1.807) is 12.1 Å². The summed E-state index contributed by atoms with van der Waals surface area (Å²) in [6.45, 7) is 11.8. The van der Waals surface area contributed by atoms with E-state index in [0.29, 0.717) is 12.1 Å². The first-order chi connectivity index (χ1) is 13.5. The third-order valence-electron chi connectivity index (χ3n) is 5.33. The standard InChI is InChI=1S/C23H32N2O3S/c1-8-22(25(29(7,27)28)20-11-9-15(2)10-12-20)23(26)24-19(6)21-14-17(4)16(3)13-18(21)5/h9-14,19,22H,8H2,1-7H3,(H,24,26)/t19-,22-/m0/s1. The number of anilines is 1. The Morgan fingerprint density at radius 2 is 1.55 bits per heavy atom. The van der Waals surface area contributed by atoms with Crippen LogP contribution in [0.2, 0.25) is 0 Å². The molecule has 0 spiro atoms. The zero-order chi connectivity index (χ0) is 21.9. The maximum absolute atomic E-state index is 13.1. The second-order valence-corrected chi connectivity index (χ2v) is 9.70. The highest BCUT2D eigenvalue weighted by atomic mass is 32.2. The van der Waals surface area contributed by atoms with Crippen molar-refractivity contribution < 1.29 is 13.2 Å². The summed E-state index contributed by atoms with van der Waals surface area (Å²) in [6.07, 6.45) is 1.51. The summed E-state index contributed by atoms with van der Waals surface area (Å²) in [6, 6.07) is 10.3. The molecule has 2 rings (SSSR count). The lowest BCUT2D eigenvalue weighted by atomic mass is 9.96. The summed E-state index contributed by atoms with van der Waals surface area (Å²) in [5, 5.41) is 3.02. The number of aryl methyl sites for hydroxylation is 4. The van der Waals surface area contributed by atoms with Crippen molar-refractivity contribution >= 4 is 21.6 Å². The number of carbonyl (C=O) groups excluding carboxylic acids is 1. The monoisotopic (exact) mass is 416 g/mol. The lowest BCUT2D eigenvalue weighted by molar-refractivity contribution is -0.122. The molecule has 0 aliphatic carbocycles. The highest BCUT2D eigenvalue weighted by molar-refractivity contribution is 7.92. The minimum absolute atomic E-state index is 0.227. The Balaban J connectivity index is 2.34. The molecular formula is C23H32N2O3S. The normalized spacial score (nSPS) is 13.6. The average molecular weight is 417 g/mol. The fourth-order valence-electron chi connectivity index (χ4n) is 3.59. The number of sulfonamides is 1. The average Bonchev–Trinajstić information content (AvgIpc) is 2.62. The van der Waals surface area contributed by atoms with Crippen LogP contribution in [-0.4, -0.2) is 26.6 Å². The van der Waals surface area contributed by atoms with Gasteiger partial charge in [0.1, 0.15) is 6.04 Å². The van der Waals surface area contributed by atoms with Crippen LogP contribution in [0.4, 0.5) is 5.69 Å². The second-order valence-electron chi connectivity index (χ2n) is 7.84. The Morgan fingerprint density at radius 1 is 1.00 bits per heavy atom. The lowest BCUT2D eigenvalue weighted by Gasteiger charge is -2.31. The van der Waals surface area contributed by atoms with Gasteiger partial charge in [0.2, 0.25) is 15.9 Å². The first-order valence-corrected chi connectivity index (χ1v) is 11.7. The predicted octanol–water partition coefficient (Wildman–Crippen LogP) is 4.34. The minimum Gasteiger partial charge on any atom is -0.348 e. The van der Waals surface area contributed by atoms with Crippen molar-refractivity contribution in [2.75, 3.05) is 10.6 Å². The van der Waals surface area contributed by atoms with Gasteiger partial charge in [-0.3, -0.25) is 9.10 Å². The third kappa shape index (κ3) is 5.38. The third-order valence-corrected chi connectivity index (χ3v) is 6.51. The van der Waals surface area contributed by atoms with E-state index in [1.807, 2.05) is 46.8 Å². The van der Waals surface area contributed by atoms with Crippen LogP contribution in [0.5, 0.6) is 0 Å². The number of nitrogens with one attached hydrogen (secondary N) is 1. The molecule has 1 N–H and O–H groups in total. The van der Waals surface area contributed by atoms with Crippen LogP contribution in [0, 0.1) is 27.7 Å². The summed E-state index contributed by atoms with van der Waals surface area (Å²) in [7, 11) is -3.64. The number of nitrogens with zero attached hydrogens (tertiary/aromatic N) is 1. The van der Waals surface area contributed by atoms with Gasteiger partial charge in [-0.15, -0.1) is 0 Å². The largest absolute Gasteiger partial charge is 0.348 e. The SMILES string of the molecule is CC[C@@H](C(=O)N[C@@H](C)c1cc(C)c(C)cc1C)N(c1ccc(C)cc1)S(C)(=O)=O. The predicted molar refractivity (Wildman–Crippen MR) is 120 cm³/mol. The van der Waals surface area contributed by atoms with Crippen molar-refractivity contribution in [2.45, 2.75) is 60.0 Å². The van der Waals surface area contributed by atoms with Gasteiger partial charge in [-0.1, -0.05) is 36.8 Å². The van der Waals surface area contributed by atoms with Crippen molar-refractivity contribution in [1.29, 1.82) is 0 Å². The first-order valence-electron chi connectivity index (χ1n) is 9.89. The van der Waals surface area contributed by atoms with Crippen LogP contribution in [0.15, 0.2) is 36.4 Å². The summed E-state index contributed by atoms with van der Waals surface area (Å²) in [4.78, 5) is 13.1. The van der Waals surface area contributed by atoms with E-state index in [-0.39, 0.29) is 11.9 Å². The molecule has 6 heteroatoms. The molecule has 0 bridgehead atoms. The fourth-order valence-corrected chi connectivity index (χ4v) is 4.80. The Labute approximate surface area is 175 Å². The van der Waals surface area contributed by atoms with E-state index in [9.17, 15) is 13.2 Å². The van der Waals surface area contributed by atoms with Gasteiger partial charge in [-0.2, -0.15) is 0 Å². The molecule has 0 unspecified atom stereocenters. The number of amides is 1. The molecule has 2 aromatic rings. The van der Waals surface area contributed by atoms with E-state index >= 15 is 0 Å². The van der Waals surface area contributed by atoms with Crippen LogP contribution >= 0.6 is 0 Å². The molecular weight excluding hydrogens is 384 g/mol. The van der Waals surface area contributed by atoms with E-state index in [0.717, 1.165) is 28.5 Å². The Kier molecular flexibility index (Phi) is 7.11. The summed E-state index contributed by atoms with van der Waals surface area (Å²) in [5.74, 6) is -0.302. The number of benzene rings is 2. The Hall–Kier alpha value is -2.34. The maximum atomic E-state index is 13.1. The van der Waals surface area contributed by atoms with Crippen LogP contribution in [0.3, 0.4) is 0 Å². The molecule has 0 saturated carbocycles. The van der Waals surface area contributed by atoms with E-state index < -0.39 is 16.1 Å². The molecule has 0 aliphatic heterocycles. The molecule has 1 amide bonds. The van der Waals surface area contributed by atoms with E-state index in [2.05, 4.69) is 24.4 Å². The molecule has 0 radical (unpaired) electrons. The van der Waals surface area contributed by atoms with Crippen LogP contribution < -0.4 is 9.62 Å². The van der Waals surface area contributed by atoms with Crippen LogP contribution in [0.25, 0.3) is 0 Å². The first kappa shape index (κ1) is 22.9. The molecule has 2 aromatic carbocycles. The number of rotatable bonds is 7. The smallest absolute Gasteiger partial charge is 0.244 e. The van der Waals surface area contributed by atoms with Gasteiger partial charge >= 0.3 is 0 Å². The van der Waals surface area contributed by atoms with Crippen molar-refractivity contribution in [3.8, 4) is 0 Å². The van der Waals surface area contributed by atoms with Crippen molar-refractivity contribution in [2.24, 2.45) is 0 Å². The molecule has 2 atom stereocenters. The van der Waals surface area contributed by atoms with Crippen molar-refractivity contribution in [1.82, 2.24) is 5.32 Å². The topological polar surface area (TPSA) is 66.5 Å². The van der Waals surface area contributed by atoms with Gasteiger partial charge in [-0.05, 0) is 75.4 Å². The molecule has 5 nitrogen and oxygen atoms in total. The second kappa shape index (κ2) is 8.99. The molecule has 0 fully saturated rings. The van der Waals surface area contributed by atoms with Crippen LogP contribution in [-0.2, 0) is 14.8 Å². The molecule has 29 heavy (non-hydrogen) atoms. The van der Waals surface area contributed by atoms with Crippen molar-refractivity contribution in [3.05, 3.63) is 64.2 Å². The summed E-state index contributed by atoms with van der Waals surface area (Å²) >= 11 is 0. The summed E-state index contributed by atoms with van der Waals surface area (Å²) < 4.78 is 26.3. The molecule has 0 saturated heterocycles. The maximum Gasteiger partial charge on any atom is 0.244 e. The highest BCUT2D eigenvalue weighted by Gasteiger charge is 2.32. The van der Waals surface area contributed by atoms with Gasteiger partial charge in [0.25, 0.3) is 0 Å². The zero-order valence-electron chi connectivity index (χ0n) is 18.4. The van der Waals surface area contributed by atoms with Gasteiger partial charge in [0, 0.05) is 0 Å². The van der Waals surface area contributed by atoms with Gasteiger partial charge in [-0.25, -0.2) is 8.42 Å². The van der Waals surface area contributed by atoms with Gasteiger partial charge < -0.3 is 5.32 Å². The number of hydrogen-bond donors (Lipinski definition) is 1. The van der Waals surface area contributed by atoms with Crippen LogP contribution in [0.1, 0.15) is 54.1 Å². The lowest BCUT2D eigenvalue weighted by Crippen LogP contribution is -2.49. The molecule has 0 aliphatic rings. The Bertz CT molecular complexity index is 982. The molecule has 158 valence electrons. The van der Waals surface area contributed by atoms with Crippen molar-refractivity contribution in [3.63, 3.8) is 0 Å².